The van der Waals surface area contributed by atoms with Gasteiger partial charge in [-0.25, -0.2) is 4.39 Å². The highest BCUT2D eigenvalue weighted by Gasteiger charge is 2.41. The molecular weight excluding hydrogens is 455 g/mol. The summed E-state index contributed by atoms with van der Waals surface area (Å²) in [7, 11) is 0. The SMILES string of the molecule is CC1(C(=O)N(Cc2ccccc2)Cc2cccc(F)c2)CCc2c(c3ccccc3n2CC(=O)O)C1. The van der Waals surface area contributed by atoms with Gasteiger partial charge in [-0.05, 0) is 54.2 Å². The van der Waals surface area contributed by atoms with Gasteiger partial charge in [-0.1, -0.05) is 67.6 Å². The van der Waals surface area contributed by atoms with E-state index in [-0.39, 0.29) is 18.3 Å². The van der Waals surface area contributed by atoms with E-state index in [1.807, 2.05) is 77.1 Å². The molecule has 0 aliphatic heterocycles. The van der Waals surface area contributed by atoms with E-state index in [4.69, 9.17) is 0 Å². The second kappa shape index (κ2) is 9.61. The van der Waals surface area contributed by atoms with Crippen LogP contribution < -0.4 is 0 Å². The molecule has 1 aromatic heterocycles. The third kappa shape index (κ3) is 4.63. The first-order valence-electron chi connectivity index (χ1n) is 12.2. The van der Waals surface area contributed by atoms with Gasteiger partial charge < -0.3 is 14.6 Å². The van der Waals surface area contributed by atoms with Gasteiger partial charge in [0.05, 0.1) is 5.41 Å². The number of para-hydroxylation sites is 1. The van der Waals surface area contributed by atoms with Gasteiger partial charge in [0.25, 0.3) is 0 Å². The Hall–Kier alpha value is -3.93. The van der Waals surface area contributed by atoms with Gasteiger partial charge in [0.15, 0.2) is 0 Å². The number of carboxylic acids is 1. The zero-order chi connectivity index (χ0) is 25.3. The van der Waals surface area contributed by atoms with Crippen LogP contribution in [-0.4, -0.2) is 26.5 Å². The van der Waals surface area contributed by atoms with Crippen LogP contribution in [-0.2, 0) is 42.1 Å². The van der Waals surface area contributed by atoms with Crippen LogP contribution in [0.1, 0.15) is 35.7 Å². The molecule has 184 valence electrons. The third-order valence-electron chi connectivity index (χ3n) is 7.25. The molecule has 5 rings (SSSR count). The lowest BCUT2D eigenvalue weighted by atomic mass is 9.73. The van der Waals surface area contributed by atoms with Gasteiger partial charge in [-0.3, -0.25) is 9.59 Å². The maximum absolute atomic E-state index is 14.2. The van der Waals surface area contributed by atoms with E-state index < -0.39 is 11.4 Å². The highest BCUT2D eigenvalue weighted by atomic mass is 19.1. The molecule has 0 spiro atoms. The smallest absolute Gasteiger partial charge is 0.323 e. The number of carbonyl (C=O) groups is 2. The summed E-state index contributed by atoms with van der Waals surface area (Å²) < 4.78 is 15.8. The standard InChI is InChI=1S/C30H29FN2O3/c1-30(15-14-27-25(17-30)24-12-5-6-13-26(24)33(27)20-28(34)35)29(36)32(18-21-8-3-2-4-9-21)19-22-10-7-11-23(31)16-22/h2-13,16H,14-15,17-20H2,1H3,(H,34,35). The molecule has 1 unspecified atom stereocenters. The van der Waals surface area contributed by atoms with E-state index in [9.17, 15) is 19.1 Å². The zero-order valence-corrected chi connectivity index (χ0v) is 20.3. The fourth-order valence-electron chi connectivity index (χ4n) is 5.52. The molecule has 1 heterocycles. The number of amides is 1. The molecule has 1 aliphatic carbocycles. The maximum Gasteiger partial charge on any atom is 0.323 e. The number of halogens is 1. The average molecular weight is 485 g/mol. The van der Waals surface area contributed by atoms with E-state index in [0.717, 1.165) is 33.3 Å². The van der Waals surface area contributed by atoms with Gasteiger partial charge in [0.2, 0.25) is 5.91 Å². The molecular formula is C30H29FN2O3. The number of hydrogen-bond acceptors (Lipinski definition) is 2. The van der Waals surface area contributed by atoms with Crippen molar-refractivity contribution in [2.45, 2.75) is 45.8 Å². The molecule has 1 aliphatic rings. The van der Waals surface area contributed by atoms with Crippen molar-refractivity contribution in [2.75, 3.05) is 0 Å². The van der Waals surface area contributed by atoms with Crippen molar-refractivity contribution in [3.63, 3.8) is 0 Å². The Morgan fingerprint density at radius 2 is 1.67 bits per heavy atom. The largest absolute Gasteiger partial charge is 0.480 e. The Morgan fingerprint density at radius 3 is 2.42 bits per heavy atom. The first-order chi connectivity index (χ1) is 17.3. The van der Waals surface area contributed by atoms with Gasteiger partial charge in [0.1, 0.15) is 12.4 Å². The van der Waals surface area contributed by atoms with Crippen molar-refractivity contribution >= 4 is 22.8 Å². The van der Waals surface area contributed by atoms with Crippen molar-refractivity contribution in [2.24, 2.45) is 5.41 Å². The van der Waals surface area contributed by atoms with Crippen LogP contribution >= 0.6 is 0 Å². The van der Waals surface area contributed by atoms with Gasteiger partial charge in [-0.2, -0.15) is 0 Å². The summed E-state index contributed by atoms with van der Waals surface area (Å²) in [4.78, 5) is 27.6. The van der Waals surface area contributed by atoms with E-state index in [1.54, 1.807) is 6.07 Å². The summed E-state index contributed by atoms with van der Waals surface area (Å²) in [6.07, 6.45) is 1.77. The summed E-state index contributed by atoms with van der Waals surface area (Å²) in [5, 5.41) is 10.5. The Bertz CT molecular complexity index is 1430. The Kier molecular flexibility index (Phi) is 6.35. The topological polar surface area (TPSA) is 62.5 Å². The Morgan fingerprint density at radius 1 is 0.972 bits per heavy atom. The van der Waals surface area contributed by atoms with E-state index in [1.165, 1.54) is 12.1 Å². The van der Waals surface area contributed by atoms with Crippen LogP contribution in [0.2, 0.25) is 0 Å². The van der Waals surface area contributed by atoms with Crippen molar-refractivity contribution in [1.82, 2.24) is 9.47 Å². The number of carbonyl (C=O) groups excluding carboxylic acids is 1. The summed E-state index contributed by atoms with van der Waals surface area (Å²) in [5.41, 5.74) is 4.05. The lowest BCUT2D eigenvalue weighted by molar-refractivity contribution is -0.143. The summed E-state index contributed by atoms with van der Waals surface area (Å²) in [6, 6.07) is 24.0. The molecule has 1 N–H and O–H groups in total. The monoisotopic (exact) mass is 484 g/mol. The minimum atomic E-state index is -0.882. The van der Waals surface area contributed by atoms with Crippen LogP contribution in [0.3, 0.4) is 0 Å². The van der Waals surface area contributed by atoms with Crippen molar-refractivity contribution in [3.05, 3.63) is 107 Å². The molecule has 0 fully saturated rings. The van der Waals surface area contributed by atoms with Crippen molar-refractivity contribution in [1.29, 1.82) is 0 Å². The maximum atomic E-state index is 14.2. The fraction of sp³-hybridized carbons (Fsp3) is 0.267. The van der Waals surface area contributed by atoms with Gasteiger partial charge in [-0.15, -0.1) is 0 Å². The lowest BCUT2D eigenvalue weighted by Crippen LogP contribution is -2.45. The number of benzene rings is 3. The number of carboxylic acid groups (broad SMARTS) is 1. The average Bonchev–Trinajstić information content (AvgIpc) is 3.16. The first kappa shape index (κ1) is 23.8. The number of rotatable bonds is 7. The van der Waals surface area contributed by atoms with E-state index in [0.29, 0.717) is 32.4 Å². The van der Waals surface area contributed by atoms with Crippen LogP contribution in [0.15, 0.2) is 78.9 Å². The summed E-state index contributed by atoms with van der Waals surface area (Å²) in [5.74, 6) is -1.18. The van der Waals surface area contributed by atoms with Gasteiger partial charge in [0, 0.05) is 29.7 Å². The first-order valence-corrected chi connectivity index (χ1v) is 12.2. The second-order valence-corrected chi connectivity index (χ2v) is 9.94. The normalized spacial score (nSPS) is 17.1. The predicted molar refractivity (Wildman–Crippen MR) is 137 cm³/mol. The van der Waals surface area contributed by atoms with E-state index >= 15 is 0 Å². The summed E-state index contributed by atoms with van der Waals surface area (Å²) >= 11 is 0. The number of aliphatic carboxylic acids is 1. The minimum Gasteiger partial charge on any atom is -0.480 e. The Balaban J connectivity index is 1.50. The molecule has 4 aromatic rings. The van der Waals surface area contributed by atoms with Gasteiger partial charge >= 0.3 is 5.97 Å². The zero-order valence-electron chi connectivity index (χ0n) is 20.3. The number of hydrogen-bond donors (Lipinski definition) is 1. The number of fused-ring (bicyclic) bond motifs is 3. The van der Waals surface area contributed by atoms with E-state index in [2.05, 4.69) is 0 Å². The van der Waals surface area contributed by atoms with Crippen molar-refractivity contribution in [3.8, 4) is 0 Å². The minimum absolute atomic E-state index is 0.0244. The van der Waals surface area contributed by atoms with Crippen LogP contribution in [0.4, 0.5) is 4.39 Å². The van der Waals surface area contributed by atoms with Crippen LogP contribution in [0, 0.1) is 11.2 Å². The molecule has 0 saturated carbocycles. The van der Waals surface area contributed by atoms with Crippen LogP contribution in [0.5, 0.6) is 0 Å². The Labute approximate surface area is 209 Å². The lowest BCUT2D eigenvalue weighted by Gasteiger charge is -2.38. The molecule has 6 heteroatoms. The fourth-order valence-corrected chi connectivity index (χ4v) is 5.52. The molecule has 0 radical (unpaired) electrons. The molecule has 1 amide bonds. The summed E-state index contributed by atoms with van der Waals surface area (Å²) in [6.45, 7) is 2.65. The highest BCUT2D eigenvalue weighted by Crippen LogP contribution is 2.42. The highest BCUT2D eigenvalue weighted by molar-refractivity contribution is 5.90. The molecule has 0 saturated heterocycles. The third-order valence-corrected chi connectivity index (χ3v) is 7.25. The number of nitrogens with zero attached hydrogens (tertiary/aromatic N) is 2. The quantitative estimate of drug-likeness (QED) is 0.372. The number of aromatic nitrogens is 1. The molecule has 5 nitrogen and oxygen atoms in total. The van der Waals surface area contributed by atoms with Crippen LogP contribution in [0.25, 0.3) is 10.9 Å². The van der Waals surface area contributed by atoms with Crippen molar-refractivity contribution < 1.29 is 19.1 Å². The molecule has 1 atom stereocenters. The molecule has 0 bridgehead atoms. The predicted octanol–water partition coefficient (Wildman–Crippen LogP) is 5.59. The second-order valence-electron chi connectivity index (χ2n) is 9.94. The molecule has 36 heavy (non-hydrogen) atoms. The molecule has 3 aromatic carbocycles.